The van der Waals surface area contributed by atoms with Crippen LogP contribution in [0.2, 0.25) is 5.04 Å². The van der Waals surface area contributed by atoms with E-state index < -0.39 is 61.3 Å². The standard InChI is InChI=1S/C67H73N3O11Si/c1-67(2,3)82(59-35-21-9-22-36-59,60-37-23-10-24-38-60)81-51-58(40-68(42-62(71)76-46-52-25-11-4-12-26-52)43-63(72)77-47-53-27-13-5-14-28-53)70(45-65(74)79-49-55-31-17-7-18-32-55)57-39-61(66(75)80-50-56-33-19-8-20-34-56)69(41-57)44-64(73)78-48-54-29-15-6-16-30-54/h4-38,57-58,61H,39-51H2,1-3H3/t57-,58+,61-/m0/s1. The Morgan fingerprint density at radius 3 is 1.20 bits per heavy atom. The second-order valence-corrected chi connectivity index (χ2v) is 25.8. The molecule has 0 N–H and O–H groups in total. The first-order valence-corrected chi connectivity index (χ1v) is 29.7. The third-order valence-electron chi connectivity index (χ3n) is 14.5. The van der Waals surface area contributed by atoms with E-state index in [-0.39, 0.29) is 85.3 Å². The van der Waals surface area contributed by atoms with Crippen LogP contribution in [0.3, 0.4) is 0 Å². The van der Waals surface area contributed by atoms with Crippen molar-refractivity contribution in [3.05, 3.63) is 240 Å². The van der Waals surface area contributed by atoms with Crippen molar-refractivity contribution in [3.8, 4) is 0 Å². The molecule has 1 fully saturated rings. The molecule has 0 aromatic heterocycles. The van der Waals surface area contributed by atoms with Crippen LogP contribution in [0.4, 0.5) is 0 Å². The van der Waals surface area contributed by atoms with Gasteiger partial charge in [-0.15, -0.1) is 0 Å². The Labute approximate surface area is 482 Å². The second-order valence-electron chi connectivity index (χ2n) is 21.5. The SMILES string of the molecule is CC(C)(C)[Si](OC[C@@H](CN(CC(=O)OCc1ccccc1)CC(=O)OCc1ccccc1)N(CC(=O)OCc1ccccc1)[C@H]1C[C@@H](C(=O)OCc2ccccc2)N(CC(=O)OCc2ccccc2)C1)(c1ccccc1)c1ccccc1. The molecule has 1 saturated heterocycles. The lowest BCUT2D eigenvalue weighted by Gasteiger charge is -2.45. The van der Waals surface area contributed by atoms with E-state index >= 15 is 0 Å². The van der Waals surface area contributed by atoms with Crippen LogP contribution < -0.4 is 10.4 Å². The maximum absolute atomic E-state index is 14.7. The van der Waals surface area contributed by atoms with Gasteiger partial charge in [-0.1, -0.05) is 233 Å². The number of carbonyl (C=O) groups is 5. The fourth-order valence-corrected chi connectivity index (χ4v) is 15.1. The van der Waals surface area contributed by atoms with Crippen molar-refractivity contribution in [3.63, 3.8) is 0 Å². The van der Waals surface area contributed by atoms with E-state index in [9.17, 15) is 24.0 Å². The molecule has 82 heavy (non-hydrogen) atoms. The monoisotopic (exact) mass is 1120 g/mol. The highest BCUT2D eigenvalue weighted by Crippen LogP contribution is 2.37. The minimum absolute atomic E-state index is 0.000801. The van der Waals surface area contributed by atoms with Crippen LogP contribution >= 0.6 is 0 Å². The molecule has 0 amide bonds. The zero-order chi connectivity index (χ0) is 57.6. The summed E-state index contributed by atoms with van der Waals surface area (Å²) in [6.07, 6.45) is 0.111. The molecule has 0 saturated carbocycles. The lowest BCUT2D eigenvalue weighted by Crippen LogP contribution is -2.68. The van der Waals surface area contributed by atoms with Crippen molar-refractivity contribution in [1.82, 2.24) is 14.7 Å². The molecule has 0 spiro atoms. The molecule has 7 aromatic rings. The average molecular weight is 1120 g/mol. The Bertz CT molecular complexity index is 2990. The molecule has 14 nitrogen and oxygen atoms in total. The van der Waals surface area contributed by atoms with E-state index in [0.29, 0.717) is 0 Å². The summed E-state index contributed by atoms with van der Waals surface area (Å²) in [5.74, 6) is -2.87. The van der Waals surface area contributed by atoms with Crippen molar-refractivity contribution in [2.75, 3.05) is 45.9 Å². The average Bonchev–Trinajstić information content (AvgIpc) is 3.08. The van der Waals surface area contributed by atoms with Crippen LogP contribution in [0.15, 0.2) is 212 Å². The van der Waals surface area contributed by atoms with Gasteiger partial charge in [0.2, 0.25) is 0 Å². The van der Waals surface area contributed by atoms with Gasteiger partial charge in [0.25, 0.3) is 8.32 Å². The highest BCUT2D eigenvalue weighted by Gasteiger charge is 2.51. The topological polar surface area (TPSA) is 150 Å². The Morgan fingerprint density at radius 2 is 0.817 bits per heavy atom. The van der Waals surface area contributed by atoms with Gasteiger partial charge in [-0.2, -0.15) is 0 Å². The molecule has 15 heteroatoms. The molecule has 426 valence electrons. The van der Waals surface area contributed by atoms with Crippen molar-refractivity contribution in [2.45, 2.75) is 83.4 Å². The number of carbonyl (C=O) groups excluding carboxylic acids is 5. The smallest absolute Gasteiger partial charge is 0.323 e. The molecule has 0 radical (unpaired) electrons. The van der Waals surface area contributed by atoms with Crippen molar-refractivity contribution < 1.29 is 52.1 Å². The maximum Gasteiger partial charge on any atom is 0.323 e. The summed E-state index contributed by atoms with van der Waals surface area (Å²) < 4.78 is 37.4. The number of esters is 5. The van der Waals surface area contributed by atoms with Crippen LogP contribution in [0.5, 0.6) is 0 Å². The predicted molar refractivity (Wildman–Crippen MR) is 315 cm³/mol. The summed E-state index contributed by atoms with van der Waals surface area (Å²) in [5, 5.41) is 1.53. The van der Waals surface area contributed by atoms with Gasteiger partial charge in [-0.3, -0.25) is 38.7 Å². The van der Waals surface area contributed by atoms with E-state index in [2.05, 4.69) is 45.0 Å². The van der Waals surface area contributed by atoms with E-state index in [0.717, 1.165) is 38.2 Å². The Kier molecular flexibility index (Phi) is 22.1. The molecule has 1 heterocycles. The van der Waals surface area contributed by atoms with Gasteiger partial charge >= 0.3 is 29.8 Å². The highest BCUT2D eigenvalue weighted by molar-refractivity contribution is 6.99. The first-order chi connectivity index (χ1) is 39.8. The Hall–Kier alpha value is -8.05. The number of ether oxygens (including phenoxy) is 5. The molecular formula is C67H73N3O11Si. The number of hydrogen-bond acceptors (Lipinski definition) is 14. The quantitative estimate of drug-likeness (QED) is 0.0261. The summed E-state index contributed by atoms with van der Waals surface area (Å²) in [4.78, 5) is 76.9. The third kappa shape index (κ3) is 17.5. The number of hydrogen-bond donors (Lipinski definition) is 0. The summed E-state index contributed by atoms with van der Waals surface area (Å²) >= 11 is 0. The first-order valence-electron chi connectivity index (χ1n) is 27.8. The largest absolute Gasteiger partial charge is 0.460 e. The molecule has 1 aliphatic heterocycles. The van der Waals surface area contributed by atoms with Crippen LogP contribution in [0.25, 0.3) is 0 Å². The zero-order valence-corrected chi connectivity index (χ0v) is 48.0. The lowest BCUT2D eigenvalue weighted by molar-refractivity contribution is -0.154. The Balaban J connectivity index is 1.20. The molecule has 8 rings (SSSR count). The number of rotatable bonds is 28. The van der Waals surface area contributed by atoms with Crippen LogP contribution in [0, 0.1) is 0 Å². The fraction of sp³-hybridized carbons (Fsp3) is 0.299. The molecule has 1 aliphatic rings. The summed E-state index contributed by atoms with van der Waals surface area (Å²) in [5.41, 5.74) is 3.94. The molecule has 7 aromatic carbocycles. The number of likely N-dealkylation sites (tertiary alicyclic amines) is 1. The molecule has 3 atom stereocenters. The minimum atomic E-state index is -3.35. The summed E-state index contributed by atoms with van der Waals surface area (Å²) in [6.45, 7) is 5.29. The summed E-state index contributed by atoms with van der Waals surface area (Å²) in [7, 11) is -3.35. The zero-order valence-electron chi connectivity index (χ0n) is 47.0. The third-order valence-corrected chi connectivity index (χ3v) is 19.5. The normalized spacial score (nSPS) is 14.9. The van der Waals surface area contributed by atoms with Gasteiger partial charge in [0.15, 0.2) is 0 Å². The van der Waals surface area contributed by atoms with E-state index in [4.69, 9.17) is 28.1 Å². The minimum Gasteiger partial charge on any atom is -0.460 e. The van der Waals surface area contributed by atoms with Crippen molar-refractivity contribution >= 4 is 48.5 Å². The molecule has 0 bridgehead atoms. The maximum atomic E-state index is 14.7. The highest BCUT2D eigenvalue weighted by atomic mass is 28.4. The fourth-order valence-electron chi connectivity index (χ4n) is 10.5. The van der Waals surface area contributed by atoms with Crippen LogP contribution in [-0.4, -0.2) is 117 Å². The van der Waals surface area contributed by atoms with E-state index in [1.807, 2.05) is 193 Å². The molecular weight excluding hydrogens is 1050 g/mol. The Morgan fingerprint density at radius 1 is 0.476 bits per heavy atom. The van der Waals surface area contributed by atoms with Crippen molar-refractivity contribution in [2.24, 2.45) is 0 Å². The van der Waals surface area contributed by atoms with E-state index in [1.165, 1.54) is 0 Å². The second kappa shape index (κ2) is 30.1. The van der Waals surface area contributed by atoms with Gasteiger partial charge in [0, 0.05) is 25.2 Å². The number of nitrogens with zero attached hydrogens (tertiary/aromatic N) is 3. The van der Waals surface area contributed by atoms with Gasteiger partial charge in [-0.25, -0.2) is 0 Å². The van der Waals surface area contributed by atoms with Crippen molar-refractivity contribution in [1.29, 1.82) is 0 Å². The van der Waals surface area contributed by atoms with E-state index in [1.54, 1.807) is 9.80 Å². The van der Waals surface area contributed by atoms with Crippen LogP contribution in [-0.2, 0) is 85.1 Å². The molecule has 0 aliphatic carbocycles. The van der Waals surface area contributed by atoms with Gasteiger partial charge in [0.05, 0.1) is 32.8 Å². The first kappa shape index (κ1) is 60.1. The van der Waals surface area contributed by atoms with Gasteiger partial charge in [-0.05, 0) is 49.6 Å². The molecule has 0 unspecified atom stereocenters. The van der Waals surface area contributed by atoms with Gasteiger partial charge in [0.1, 0.15) is 39.1 Å². The lowest BCUT2D eigenvalue weighted by atomic mass is 10.1. The summed E-state index contributed by atoms with van der Waals surface area (Å²) in [6, 6.07) is 64.5. The van der Waals surface area contributed by atoms with Gasteiger partial charge < -0.3 is 28.1 Å². The van der Waals surface area contributed by atoms with Crippen LogP contribution in [0.1, 0.15) is 55.0 Å². The predicted octanol–water partition coefficient (Wildman–Crippen LogP) is 8.70. The number of benzene rings is 7.